The molecule has 8 aromatic rings. The monoisotopic (exact) mass is 1320 g/mol. The third-order valence-corrected chi connectivity index (χ3v) is 18.4. The lowest BCUT2D eigenvalue weighted by Crippen LogP contribution is -2.29. The van der Waals surface area contributed by atoms with Gasteiger partial charge in [-0.15, -0.1) is 0 Å². The van der Waals surface area contributed by atoms with Gasteiger partial charge >= 0.3 is 0 Å². The number of amides is 2. The van der Waals surface area contributed by atoms with E-state index in [0.29, 0.717) is 77.6 Å². The molecule has 2 amide bonds. The van der Waals surface area contributed by atoms with Crippen LogP contribution in [0.2, 0.25) is 0 Å². The van der Waals surface area contributed by atoms with Crippen LogP contribution >= 0.6 is 0 Å². The van der Waals surface area contributed by atoms with Crippen LogP contribution in [0.25, 0.3) is 0 Å². The van der Waals surface area contributed by atoms with Gasteiger partial charge in [0.15, 0.2) is 0 Å². The first kappa shape index (κ1) is 73.9. The number of carbonyl (C=O) groups excluding carboxylic acids is 2. The van der Waals surface area contributed by atoms with Crippen LogP contribution in [0.3, 0.4) is 0 Å². The van der Waals surface area contributed by atoms with E-state index in [1.807, 2.05) is 54.6 Å². The summed E-state index contributed by atoms with van der Waals surface area (Å²) in [6.45, 7) is 55.5. The van der Waals surface area contributed by atoms with Gasteiger partial charge in [-0.05, 0) is 175 Å². The molecule has 0 saturated carbocycles. The van der Waals surface area contributed by atoms with Gasteiger partial charge in [-0.1, -0.05) is 251 Å². The van der Waals surface area contributed by atoms with E-state index in [4.69, 9.17) is 28.4 Å². The van der Waals surface area contributed by atoms with E-state index in [1.165, 1.54) is 49.4 Å². The van der Waals surface area contributed by atoms with Crippen molar-refractivity contribution in [3.8, 4) is 34.5 Å². The fraction of sp³-hybridized carbons (Fsp3) is 0.438. The largest absolute Gasteiger partial charge is 0.489 e. The fourth-order valence-corrected chi connectivity index (χ4v) is 11.8. The van der Waals surface area contributed by atoms with E-state index >= 15 is 0 Å². The van der Waals surface area contributed by atoms with Crippen LogP contribution in [0.15, 0.2) is 152 Å². The molecule has 0 bridgehead atoms. The molecule has 1 aliphatic rings. The zero-order valence-corrected chi connectivity index (χ0v) is 63.6. The molecule has 9 nitrogen and oxygen atoms in total. The van der Waals surface area contributed by atoms with E-state index in [0.717, 1.165) is 33.4 Å². The number of carbonyl (C=O) groups is 2. The summed E-state index contributed by atoms with van der Waals surface area (Å²) in [6, 6.07) is 51.9. The van der Waals surface area contributed by atoms with Crippen molar-refractivity contribution >= 4 is 11.8 Å². The summed E-state index contributed by atoms with van der Waals surface area (Å²) in [6.07, 6.45) is 0. The predicted octanol–water partition coefficient (Wildman–Crippen LogP) is 22.3. The molecule has 0 radical (unpaired) electrons. The van der Waals surface area contributed by atoms with Crippen LogP contribution in [0.4, 0.5) is 0 Å². The molecular weight excluding hydrogens is 1210 g/mol. The summed E-state index contributed by atoms with van der Waals surface area (Å²) >= 11 is 0. The van der Waals surface area contributed by atoms with E-state index in [-0.39, 0.29) is 74.9 Å². The molecule has 0 aliphatic carbocycles. The zero-order chi connectivity index (χ0) is 71.9. The Hall–Kier alpha value is -8.30. The Morgan fingerprint density at radius 1 is 0.235 bits per heavy atom. The molecule has 9 heteroatoms. The second kappa shape index (κ2) is 28.1. The fourth-order valence-electron chi connectivity index (χ4n) is 11.8. The highest BCUT2D eigenvalue weighted by Crippen LogP contribution is 2.39. The van der Waals surface area contributed by atoms with Gasteiger partial charge < -0.3 is 28.4 Å². The maximum absolute atomic E-state index is 14.0. The molecule has 0 fully saturated rings. The Morgan fingerprint density at radius 2 is 0.408 bits per heavy atom. The quantitative estimate of drug-likeness (QED) is 0.0697. The van der Waals surface area contributed by atoms with Crippen molar-refractivity contribution in [1.29, 1.82) is 0 Å². The molecule has 0 spiro atoms. The van der Waals surface area contributed by atoms with E-state index in [2.05, 4.69) is 239 Å². The normalized spacial score (nSPS) is 13.4. The smallest absolute Gasteiger partial charge is 0.261 e. The molecule has 98 heavy (non-hydrogen) atoms. The molecule has 0 saturated heterocycles. The van der Waals surface area contributed by atoms with Gasteiger partial charge in [-0.2, -0.15) is 0 Å². The SMILES string of the molecule is CC(C)(C)c1cc(COc2cc(COc3cc(CN4C(=O)c5ccccc5C4=O)cc(OCc4cc(OCc5cc(C(C)(C)C)cc(C(C)(C)C)c5)cc(OCc5cc(C(C)(C)C)cc(C(C)(C)C)c5)c4)c3)cc(OCc3cc(C(C)(C)C)cc(C(C)(C)C)c3)c2)cc(C(C)(C)C)c1. The Morgan fingerprint density at radius 3 is 0.592 bits per heavy atom. The number of hydrogen-bond donors (Lipinski definition) is 0. The molecule has 8 aromatic carbocycles. The maximum Gasteiger partial charge on any atom is 0.261 e. The molecule has 0 atom stereocenters. The lowest BCUT2D eigenvalue weighted by Gasteiger charge is -2.26. The highest BCUT2D eigenvalue weighted by molar-refractivity contribution is 6.21. The van der Waals surface area contributed by atoms with E-state index < -0.39 is 0 Å². The van der Waals surface area contributed by atoms with Crippen molar-refractivity contribution in [1.82, 2.24) is 4.90 Å². The Labute approximate surface area is 588 Å². The summed E-state index contributed by atoms with van der Waals surface area (Å²) in [4.78, 5) is 29.3. The summed E-state index contributed by atoms with van der Waals surface area (Å²) in [5, 5.41) is 0. The molecule has 9 rings (SSSR count). The van der Waals surface area contributed by atoms with Crippen molar-refractivity contribution < 1.29 is 38.0 Å². The Balaban J connectivity index is 1.07. The van der Waals surface area contributed by atoms with Crippen molar-refractivity contribution in [3.63, 3.8) is 0 Å². The van der Waals surface area contributed by atoms with E-state index in [9.17, 15) is 9.59 Å². The van der Waals surface area contributed by atoms with Crippen LogP contribution in [-0.2, 0) is 89.5 Å². The minimum Gasteiger partial charge on any atom is -0.489 e. The third-order valence-electron chi connectivity index (χ3n) is 18.4. The number of benzene rings is 8. The first-order valence-electron chi connectivity index (χ1n) is 35.1. The number of imide groups is 1. The summed E-state index contributed by atoms with van der Waals surface area (Å²) < 4.78 is 40.8. The summed E-state index contributed by atoms with van der Waals surface area (Å²) in [5.74, 6) is 2.79. The van der Waals surface area contributed by atoms with Gasteiger partial charge in [0.1, 0.15) is 74.1 Å². The first-order valence-corrected chi connectivity index (χ1v) is 35.1. The van der Waals surface area contributed by atoms with Crippen LogP contribution in [0.5, 0.6) is 34.5 Å². The molecule has 0 aromatic heterocycles. The molecule has 520 valence electrons. The third kappa shape index (κ3) is 19.3. The molecule has 0 N–H and O–H groups in total. The Bertz CT molecular complexity index is 3610. The second-order valence-corrected chi connectivity index (χ2v) is 35.6. The summed E-state index contributed by atoms with van der Waals surface area (Å²) in [7, 11) is 0. The average Bonchev–Trinajstić information content (AvgIpc) is 1.09. The van der Waals surface area contributed by atoms with Gasteiger partial charge in [0.25, 0.3) is 11.8 Å². The van der Waals surface area contributed by atoms with Gasteiger partial charge in [0.2, 0.25) is 0 Å². The van der Waals surface area contributed by atoms with Crippen LogP contribution in [-0.4, -0.2) is 16.7 Å². The Kier molecular flexibility index (Phi) is 21.2. The van der Waals surface area contributed by atoms with Crippen LogP contribution < -0.4 is 28.4 Å². The van der Waals surface area contributed by atoms with Crippen LogP contribution in [0, 0.1) is 0 Å². The van der Waals surface area contributed by atoms with Gasteiger partial charge in [-0.25, -0.2) is 0 Å². The second-order valence-electron chi connectivity index (χ2n) is 35.6. The van der Waals surface area contributed by atoms with Gasteiger partial charge in [0.05, 0.1) is 17.7 Å². The number of ether oxygens (including phenoxy) is 6. The number of nitrogens with zero attached hydrogens (tertiary/aromatic N) is 1. The lowest BCUT2D eigenvalue weighted by atomic mass is 9.79. The highest BCUT2D eigenvalue weighted by Gasteiger charge is 2.36. The molecule has 0 unspecified atom stereocenters. The lowest BCUT2D eigenvalue weighted by molar-refractivity contribution is 0.0641. The molecule has 1 heterocycles. The average molecular weight is 1320 g/mol. The number of hydrogen-bond acceptors (Lipinski definition) is 8. The first-order chi connectivity index (χ1) is 45.3. The predicted molar refractivity (Wildman–Crippen MR) is 401 cm³/mol. The van der Waals surface area contributed by atoms with Crippen molar-refractivity contribution in [3.05, 3.63) is 246 Å². The van der Waals surface area contributed by atoms with Gasteiger partial charge in [0, 0.05) is 18.2 Å². The zero-order valence-electron chi connectivity index (χ0n) is 63.6. The van der Waals surface area contributed by atoms with Crippen molar-refractivity contribution in [2.45, 2.75) is 256 Å². The van der Waals surface area contributed by atoms with Crippen molar-refractivity contribution in [2.75, 3.05) is 0 Å². The highest BCUT2D eigenvalue weighted by atomic mass is 16.5. The molecule has 1 aliphatic heterocycles. The number of fused-ring (bicyclic) bond motifs is 1. The van der Waals surface area contributed by atoms with Crippen molar-refractivity contribution in [2.24, 2.45) is 0 Å². The maximum atomic E-state index is 14.0. The summed E-state index contributed by atoms with van der Waals surface area (Å²) in [5.41, 5.74) is 16.9. The minimum atomic E-state index is -0.355. The van der Waals surface area contributed by atoms with E-state index in [1.54, 1.807) is 24.3 Å². The van der Waals surface area contributed by atoms with Gasteiger partial charge in [-0.3, -0.25) is 14.5 Å². The molecular formula is C89H111NO8. The standard InChI is InChI=1S/C89H111NO8/c1-82(2,3)64-29-58(30-65(43-64)83(4,5)6)51-93-74-39-62(40-75(48-74)94-52-59-31-66(84(7,8)9)44-67(32-59)85(10,11)12)55-97-72-37-57(50-90-80(91)78-27-25-26-28-79(78)81(90)92)38-73(47-72)98-56-63-41-76(95-53-60-33-68(86(13,14)15)45-69(34-60)87(16,17)18)49-77(42-63)96-54-61-35-70(88(19,20)21)46-71(36-61)89(22,23)24/h25-49H,50-56H2,1-24H3. The number of rotatable bonds is 20. The van der Waals surface area contributed by atoms with Crippen LogP contribution in [0.1, 0.15) is 270 Å². The minimum absolute atomic E-state index is 0.0100. The topological polar surface area (TPSA) is 92.8 Å².